The quantitative estimate of drug-likeness (QED) is 0.429. The Bertz CT molecular complexity index is 1100. The van der Waals surface area contributed by atoms with Crippen LogP contribution in [0, 0.1) is 5.92 Å². The number of carbonyl (C=O) groups is 4. The fourth-order valence-electron chi connectivity index (χ4n) is 4.86. The van der Waals surface area contributed by atoms with Crippen molar-refractivity contribution in [1.29, 1.82) is 0 Å². The number of nitrogens with one attached hydrogen (secondary N) is 3. The predicted molar refractivity (Wildman–Crippen MR) is 136 cm³/mol. The van der Waals surface area contributed by atoms with E-state index >= 15 is 0 Å². The van der Waals surface area contributed by atoms with E-state index in [-0.39, 0.29) is 18.9 Å². The van der Waals surface area contributed by atoms with Gasteiger partial charge in [-0.2, -0.15) is 0 Å². The first-order valence-electron chi connectivity index (χ1n) is 13.2. The zero-order valence-electron chi connectivity index (χ0n) is 22.2. The Labute approximate surface area is 223 Å². The molecule has 0 bridgehead atoms. The van der Waals surface area contributed by atoms with Crippen molar-refractivity contribution in [2.75, 3.05) is 19.8 Å². The molecule has 2 heterocycles. The Balaban J connectivity index is 1.54. The van der Waals surface area contributed by atoms with Crippen LogP contribution in [-0.4, -0.2) is 85.4 Å². The van der Waals surface area contributed by atoms with Gasteiger partial charge in [0.05, 0.1) is 11.9 Å². The van der Waals surface area contributed by atoms with Crippen molar-refractivity contribution < 1.29 is 37.1 Å². The molecule has 0 spiro atoms. The van der Waals surface area contributed by atoms with Gasteiger partial charge in [-0.15, -0.1) is 0 Å². The molecule has 4 unspecified atom stereocenters. The van der Waals surface area contributed by atoms with Gasteiger partial charge in [-0.25, -0.2) is 13.2 Å². The third kappa shape index (κ3) is 6.66. The topological polar surface area (TPSA) is 160 Å². The van der Waals surface area contributed by atoms with Gasteiger partial charge in [-0.05, 0) is 65.7 Å². The van der Waals surface area contributed by atoms with Crippen LogP contribution in [0.25, 0.3) is 0 Å². The summed E-state index contributed by atoms with van der Waals surface area (Å²) in [6.07, 6.45) is 6.39. The Morgan fingerprint density at radius 3 is 2.61 bits per heavy atom. The molecule has 2 aliphatic heterocycles. The minimum absolute atomic E-state index is 0.0827. The SMILES string of the molecule is CC(C)(C)OC(=O)NC1COCCCC=CC2CC2(C(=O)NS(=O)(=O)C2CC2)NC(=O)C2CCCN2C1=O. The Kier molecular flexibility index (Phi) is 8.08. The maximum absolute atomic E-state index is 13.5. The highest BCUT2D eigenvalue weighted by Crippen LogP contribution is 2.46. The highest BCUT2D eigenvalue weighted by Gasteiger charge is 2.61. The molecule has 4 aliphatic rings. The Morgan fingerprint density at radius 1 is 1.18 bits per heavy atom. The van der Waals surface area contributed by atoms with Gasteiger partial charge < -0.3 is 25.0 Å². The molecule has 212 valence electrons. The fourth-order valence-corrected chi connectivity index (χ4v) is 6.22. The molecule has 13 heteroatoms. The first kappa shape index (κ1) is 28.3. The predicted octanol–water partition coefficient (Wildman–Crippen LogP) is 0.721. The van der Waals surface area contributed by atoms with Gasteiger partial charge in [0.25, 0.3) is 5.91 Å². The third-order valence-corrected chi connectivity index (χ3v) is 8.92. The molecule has 3 N–H and O–H groups in total. The minimum Gasteiger partial charge on any atom is -0.444 e. The monoisotopic (exact) mass is 554 g/mol. The lowest BCUT2D eigenvalue weighted by Crippen LogP contribution is -2.59. The van der Waals surface area contributed by atoms with Crippen LogP contribution >= 0.6 is 0 Å². The minimum atomic E-state index is -3.80. The van der Waals surface area contributed by atoms with Gasteiger partial charge in [-0.3, -0.25) is 19.1 Å². The molecule has 0 radical (unpaired) electrons. The summed E-state index contributed by atoms with van der Waals surface area (Å²) < 4.78 is 38.1. The summed E-state index contributed by atoms with van der Waals surface area (Å²) in [7, 11) is -3.80. The molecule has 2 aliphatic carbocycles. The first-order chi connectivity index (χ1) is 17.8. The lowest BCUT2D eigenvalue weighted by Gasteiger charge is -2.30. The largest absolute Gasteiger partial charge is 0.444 e. The molecular formula is C25H38N4O8S. The van der Waals surface area contributed by atoms with Crippen molar-refractivity contribution in [2.45, 2.75) is 94.2 Å². The Hall–Kier alpha value is -2.67. The molecule has 3 fully saturated rings. The van der Waals surface area contributed by atoms with E-state index in [4.69, 9.17) is 9.47 Å². The Morgan fingerprint density at radius 2 is 1.92 bits per heavy atom. The lowest BCUT2D eigenvalue weighted by atomic mass is 10.1. The van der Waals surface area contributed by atoms with Gasteiger partial charge in [0.15, 0.2) is 0 Å². The molecular weight excluding hydrogens is 516 g/mol. The number of rotatable bonds is 4. The summed E-state index contributed by atoms with van der Waals surface area (Å²) >= 11 is 0. The second-order valence-electron chi connectivity index (χ2n) is 11.5. The van der Waals surface area contributed by atoms with Crippen molar-refractivity contribution in [3.8, 4) is 0 Å². The zero-order valence-corrected chi connectivity index (χ0v) is 23.0. The molecule has 4 rings (SSSR count). The second kappa shape index (κ2) is 10.8. The molecule has 38 heavy (non-hydrogen) atoms. The lowest BCUT2D eigenvalue weighted by molar-refractivity contribution is -0.142. The number of hydrogen-bond donors (Lipinski definition) is 3. The van der Waals surface area contributed by atoms with E-state index < -0.39 is 62.3 Å². The fraction of sp³-hybridized carbons (Fsp3) is 0.760. The van der Waals surface area contributed by atoms with Crippen LogP contribution < -0.4 is 15.4 Å². The number of sulfonamides is 1. The first-order valence-corrected chi connectivity index (χ1v) is 14.8. The van der Waals surface area contributed by atoms with Crippen LogP contribution in [0.3, 0.4) is 0 Å². The van der Waals surface area contributed by atoms with Crippen LogP contribution in [0.5, 0.6) is 0 Å². The molecule has 0 aromatic heterocycles. The van der Waals surface area contributed by atoms with Gasteiger partial charge in [0, 0.05) is 19.1 Å². The smallest absolute Gasteiger partial charge is 0.408 e. The van der Waals surface area contributed by atoms with Gasteiger partial charge in [-0.1, -0.05) is 12.2 Å². The molecule has 12 nitrogen and oxygen atoms in total. The summed E-state index contributed by atoms with van der Waals surface area (Å²) in [6.45, 7) is 5.68. The molecule has 1 saturated heterocycles. The van der Waals surface area contributed by atoms with Crippen molar-refractivity contribution >= 4 is 33.8 Å². The number of hydrogen-bond acceptors (Lipinski definition) is 8. The van der Waals surface area contributed by atoms with Crippen LogP contribution in [0.1, 0.15) is 65.7 Å². The molecule has 4 atom stereocenters. The van der Waals surface area contributed by atoms with E-state index in [0.717, 1.165) is 0 Å². The van der Waals surface area contributed by atoms with E-state index in [1.54, 1.807) is 20.8 Å². The number of nitrogens with zero attached hydrogens (tertiary/aromatic N) is 1. The van der Waals surface area contributed by atoms with Gasteiger partial charge in [0.2, 0.25) is 21.8 Å². The number of alkyl carbamates (subject to hydrolysis) is 1. The molecule has 4 amide bonds. The second-order valence-corrected chi connectivity index (χ2v) is 13.4. The van der Waals surface area contributed by atoms with E-state index in [2.05, 4.69) is 15.4 Å². The zero-order chi connectivity index (χ0) is 27.7. The average Bonchev–Trinajstić information content (AvgIpc) is 3.72. The van der Waals surface area contributed by atoms with Crippen LogP contribution in [0.2, 0.25) is 0 Å². The number of allylic oxidation sites excluding steroid dienone is 1. The van der Waals surface area contributed by atoms with E-state index in [1.165, 1.54) is 4.90 Å². The van der Waals surface area contributed by atoms with Gasteiger partial charge in [0.1, 0.15) is 23.2 Å². The highest BCUT2D eigenvalue weighted by atomic mass is 32.2. The standard InChI is InChI=1S/C25H38N4O8S/c1-24(2,3)37-23(33)26-18-15-36-13-6-4-5-8-16-14-25(16,22(32)28-38(34,35)17-10-11-17)27-20(30)19-9-7-12-29(19)21(18)31/h5,8,16-19H,4,6-7,9-15H2,1-3H3,(H,26,33)(H,27,30)(H,28,32). The van der Waals surface area contributed by atoms with Gasteiger partial charge >= 0.3 is 6.09 Å². The summed E-state index contributed by atoms with van der Waals surface area (Å²) in [6, 6.07) is -1.93. The highest BCUT2D eigenvalue weighted by molar-refractivity contribution is 7.91. The van der Waals surface area contributed by atoms with E-state index in [9.17, 15) is 27.6 Å². The third-order valence-electron chi connectivity index (χ3n) is 7.10. The van der Waals surface area contributed by atoms with Crippen LogP contribution in [-0.2, 0) is 33.9 Å². The van der Waals surface area contributed by atoms with Crippen LogP contribution in [0.4, 0.5) is 4.79 Å². The number of amides is 4. The molecule has 2 saturated carbocycles. The van der Waals surface area contributed by atoms with Crippen molar-refractivity contribution in [2.24, 2.45) is 5.92 Å². The number of fused-ring (bicyclic) bond motifs is 2. The van der Waals surface area contributed by atoms with E-state index in [0.29, 0.717) is 51.7 Å². The van der Waals surface area contributed by atoms with Crippen molar-refractivity contribution in [3.63, 3.8) is 0 Å². The average molecular weight is 555 g/mol. The van der Waals surface area contributed by atoms with E-state index in [1.807, 2.05) is 12.2 Å². The normalized spacial score (nSPS) is 30.7. The summed E-state index contributed by atoms with van der Waals surface area (Å²) in [5.74, 6) is -2.12. The molecule has 0 aromatic rings. The number of carbonyl (C=O) groups excluding carboxylic acids is 4. The summed E-state index contributed by atoms with van der Waals surface area (Å²) in [5.41, 5.74) is -2.16. The summed E-state index contributed by atoms with van der Waals surface area (Å²) in [5, 5.41) is 4.79. The van der Waals surface area contributed by atoms with Crippen molar-refractivity contribution in [1.82, 2.24) is 20.3 Å². The maximum Gasteiger partial charge on any atom is 0.408 e. The molecule has 0 aromatic carbocycles. The summed E-state index contributed by atoms with van der Waals surface area (Å²) in [4.78, 5) is 54.0. The van der Waals surface area contributed by atoms with Crippen LogP contribution in [0.15, 0.2) is 12.2 Å². The van der Waals surface area contributed by atoms with Crippen molar-refractivity contribution in [3.05, 3.63) is 12.2 Å². The maximum atomic E-state index is 13.5. The number of ether oxygens (including phenoxy) is 2.